The van der Waals surface area contributed by atoms with Crippen molar-refractivity contribution in [1.29, 1.82) is 0 Å². The summed E-state index contributed by atoms with van der Waals surface area (Å²) in [4.78, 5) is 143. The van der Waals surface area contributed by atoms with Gasteiger partial charge in [-0.2, -0.15) is 13.2 Å². The molecule has 0 radical (unpaired) electrons. The summed E-state index contributed by atoms with van der Waals surface area (Å²) in [5, 5.41) is 32.0. The third-order valence-corrected chi connectivity index (χ3v) is 11.9. The summed E-state index contributed by atoms with van der Waals surface area (Å²) in [6.45, 7) is -1.97. The van der Waals surface area contributed by atoms with Crippen molar-refractivity contribution in [1.82, 2.24) is 67.9 Å². The molecule has 0 saturated carbocycles. The zero-order chi connectivity index (χ0) is 60.4. The third kappa shape index (κ3) is 15.7. The van der Waals surface area contributed by atoms with Crippen molar-refractivity contribution in [2.75, 3.05) is 51.5 Å². The van der Waals surface area contributed by atoms with Crippen molar-refractivity contribution in [3.63, 3.8) is 0 Å². The highest BCUT2D eigenvalue weighted by Gasteiger charge is 2.32. The van der Waals surface area contributed by atoms with Crippen molar-refractivity contribution >= 4 is 93.6 Å². The van der Waals surface area contributed by atoms with Gasteiger partial charge in [0.2, 0.25) is 35.2 Å². The Labute approximate surface area is 467 Å². The van der Waals surface area contributed by atoms with E-state index in [1.54, 1.807) is 27.3 Å². The predicted molar refractivity (Wildman–Crippen MR) is 286 cm³/mol. The monoisotopic (exact) mass is 1160 g/mol. The van der Waals surface area contributed by atoms with Gasteiger partial charge in [0, 0.05) is 131 Å². The second-order valence-corrected chi connectivity index (χ2v) is 18.5. The molecule has 0 fully saturated rings. The highest BCUT2D eigenvalue weighted by molar-refractivity contribution is 6.06. The number of aromatic carboxylic acids is 1. The summed E-state index contributed by atoms with van der Waals surface area (Å²) in [6.07, 6.45) is 5.61. The molecule has 0 bridgehead atoms. The number of halogens is 3. The molecule has 7 rings (SSSR count). The number of imidazole rings is 4. The Balaban J connectivity index is 0.816. The van der Waals surface area contributed by atoms with E-state index in [4.69, 9.17) is 0 Å². The maximum absolute atomic E-state index is 13.6. The van der Waals surface area contributed by atoms with E-state index in [1.807, 2.05) is 0 Å². The van der Waals surface area contributed by atoms with E-state index in [0.29, 0.717) is 10.3 Å². The molecule has 31 nitrogen and oxygen atoms in total. The number of nitrogens with one attached hydrogen (secondary N) is 9. The molecule has 0 aromatic carbocycles. The lowest BCUT2D eigenvalue weighted by atomic mass is 10.3. The van der Waals surface area contributed by atoms with E-state index >= 15 is 0 Å². The van der Waals surface area contributed by atoms with E-state index in [1.165, 1.54) is 104 Å². The van der Waals surface area contributed by atoms with E-state index in [0.717, 1.165) is 6.20 Å². The number of carboxylic acids is 1. The minimum absolute atomic E-state index is 0.00430. The van der Waals surface area contributed by atoms with Crippen LogP contribution in [0.5, 0.6) is 0 Å². The van der Waals surface area contributed by atoms with E-state index in [2.05, 4.69) is 67.8 Å². The average molecular weight is 1160 g/mol. The fraction of sp³-hybridized carbons (Fsp3) is 0.306. The fourth-order valence-electron chi connectivity index (χ4n) is 8.07. The minimum atomic E-state index is -4.81. The van der Waals surface area contributed by atoms with Crippen molar-refractivity contribution in [3.8, 4) is 0 Å². The Morgan fingerprint density at radius 1 is 0.458 bits per heavy atom. The van der Waals surface area contributed by atoms with Crippen LogP contribution in [-0.2, 0) is 63.2 Å². The van der Waals surface area contributed by atoms with E-state index in [-0.39, 0.29) is 103 Å². The zero-order valence-corrected chi connectivity index (χ0v) is 45.1. The molecule has 0 aliphatic heterocycles. The second kappa shape index (κ2) is 25.5. The van der Waals surface area contributed by atoms with E-state index < -0.39 is 83.5 Å². The minimum Gasteiger partial charge on any atom is -0.475 e. The van der Waals surface area contributed by atoms with Crippen LogP contribution in [0, 0.1) is 0 Å². The summed E-state index contributed by atoms with van der Waals surface area (Å²) in [5.74, 6) is -8.43. The molecule has 7 aromatic heterocycles. The summed E-state index contributed by atoms with van der Waals surface area (Å²) in [5.41, 5.74) is 0.878. The molecule has 0 unspecified atom stereocenters. The first-order chi connectivity index (χ1) is 39.2. The van der Waals surface area contributed by atoms with Crippen LogP contribution < -0.4 is 47.9 Å². The van der Waals surface area contributed by atoms with Crippen LogP contribution in [0.4, 0.5) is 47.7 Å². The smallest absolute Gasteiger partial charge is 0.406 e. The number of rotatable bonds is 24. The lowest BCUT2D eigenvalue weighted by Crippen LogP contribution is -2.29. The predicted octanol–water partition coefficient (Wildman–Crippen LogP) is 1.78. The number of carboxylic acid groups (broad SMARTS) is 1. The van der Waals surface area contributed by atoms with Gasteiger partial charge in [-0.05, 0) is 24.6 Å². The fourth-order valence-corrected chi connectivity index (χ4v) is 8.07. The van der Waals surface area contributed by atoms with Crippen LogP contribution in [-0.4, -0.2) is 142 Å². The molecule has 83 heavy (non-hydrogen) atoms. The van der Waals surface area contributed by atoms with Crippen molar-refractivity contribution < 1.29 is 66.2 Å². The zero-order valence-electron chi connectivity index (χ0n) is 45.1. The largest absolute Gasteiger partial charge is 0.475 e. The lowest BCUT2D eigenvalue weighted by Gasteiger charge is -2.10. The number of nitrogens with zero attached hydrogens (tertiary/aromatic N) is 11. The van der Waals surface area contributed by atoms with Gasteiger partial charge in [0.1, 0.15) is 23.6 Å². The SMILES string of the molecule is Cn1cc(NC(=O)c2nc(NC(=O)CCNC(=O)c3cc(NC(=O)c4nccn4C)cn3C)cn2CC(F)(F)F)cc1C(=O)NCCCC(=O)Nc1cn(C)c(C(=O)NCCC(=O)Nc2cc(C(=O)Nc3cn(C)c(C(=O)O)n3)n(C)c2)n1. The lowest BCUT2D eigenvalue weighted by molar-refractivity contribution is -0.140. The summed E-state index contributed by atoms with van der Waals surface area (Å²) >= 11 is 0. The molecule has 10 N–H and O–H groups in total. The van der Waals surface area contributed by atoms with Gasteiger partial charge >= 0.3 is 12.1 Å². The molecule has 7 heterocycles. The molecule has 7 aromatic rings. The molecule has 9 amide bonds. The summed E-state index contributed by atoms with van der Waals surface area (Å²) in [6, 6.07) is 4.06. The van der Waals surface area contributed by atoms with Crippen LogP contribution in [0.2, 0.25) is 0 Å². The standard InChI is InChI=1S/C49H55F3N20O11/c1-66-15-14-53-38(66)46(80)58-27-17-30(68(3)20-27)43(77)55-12-10-37(75)61-34-24-72(25-49(50,51)52)40(63-34)47(81)59-28-18-29(67(2)21-28)42(76)54-11-7-8-35(73)60-32-22-70(5)39(62-32)45(79)56-13-9-36(74)57-26-16-31(69(4)19-26)44(78)65-33-23-71(6)41(64-33)48(82)83/h14-24H,7-13,25H2,1-6H3,(H,54,76)(H,55,77)(H,56,79)(H,57,74)(H,58,80)(H,59,81)(H,60,73)(H,61,75)(H,65,78)(H,82,83). The first kappa shape index (κ1) is 59.8. The van der Waals surface area contributed by atoms with Gasteiger partial charge in [-0.1, -0.05) is 0 Å². The number of aromatic nitrogens is 11. The van der Waals surface area contributed by atoms with Gasteiger partial charge in [0.05, 0.1) is 17.1 Å². The van der Waals surface area contributed by atoms with Crippen molar-refractivity contribution in [3.05, 3.63) is 108 Å². The maximum atomic E-state index is 13.6. The molecular weight excluding hydrogens is 1100 g/mol. The third-order valence-electron chi connectivity index (χ3n) is 11.9. The molecule has 0 atom stereocenters. The number of carbonyl (C=O) groups excluding carboxylic acids is 9. The molecule has 0 saturated heterocycles. The Hall–Kier alpha value is -10.8. The molecule has 34 heteroatoms. The Morgan fingerprint density at radius 3 is 1.43 bits per heavy atom. The topological polar surface area (TPSA) is 385 Å². The van der Waals surface area contributed by atoms with Crippen molar-refractivity contribution in [2.24, 2.45) is 42.3 Å². The first-order valence-electron chi connectivity index (χ1n) is 24.8. The highest BCUT2D eigenvalue weighted by Crippen LogP contribution is 2.23. The molecule has 0 aliphatic rings. The normalized spacial score (nSPS) is 11.1. The molecule has 0 spiro atoms. The first-order valence-corrected chi connectivity index (χ1v) is 24.8. The quantitative estimate of drug-likeness (QED) is 0.0386. The van der Waals surface area contributed by atoms with Gasteiger partial charge in [0.25, 0.3) is 35.4 Å². The average Bonchev–Trinajstić information content (AvgIpc) is 4.44. The van der Waals surface area contributed by atoms with Gasteiger partial charge in [0.15, 0.2) is 23.3 Å². The van der Waals surface area contributed by atoms with Gasteiger partial charge in [-0.25, -0.2) is 24.7 Å². The second-order valence-electron chi connectivity index (χ2n) is 18.5. The van der Waals surface area contributed by atoms with Crippen LogP contribution in [0.1, 0.15) is 99.6 Å². The number of hydrogen-bond donors (Lipinski definition) is 10. The number of hydrogen-bond acceptors (Lipinski definition) is 14. The van der Waals surface area contributed by atoms with Crippen LogP contribution in [0.25, 0.3) is 0 Å². The Morgan fingerprint density at radius 2 is 0.904 bits per heavy atom. The number of amides is 9. The van der Waals surface area contributed by atoms with Gasteiger partial charge in [-0.3, -0.25) is 43.2 Å². The summed E-state index contributed by atoms with van der Waals surface area (Å²) < 4.78 is 49.7. The molecule has 0 aliphatic carbocycles. The molecular formula is C49H55F3N20O11. The van der Waals surface area contributed by atoms with Crippen LogP contribution in [0.3, 0.4) is 0 Å². The van der Waals surface area contributed by atoms with Crippen LogP contribution >= 0.6 is 0 Å². The summed E-state index contributed by atoms with van der Waals surface area (Å²) in [7, 11) is 9.20. The van der Waals surface area contributed by atoms with Crippen LogP contribution in [0.15, 0.2) is 67.8 Å². The number of alkyl halides is 3. The Kier molecular flexibility index (Phi) is 18.4. The highest BCUT2D eigenvalue weighted by atomic mass is 19.4. The number of anilines is 6. The maximum Gasteiger partial charge on any atom is 0.406 e. The van der Waals surface area contributed by atoms with E-state index in [9.17, 15) is 66.2 Å². The van der Waals surface area contributed by atoms with Gasteiger partial charge in [-0.15, -0.1) is 0 Å². The molecule has 438 valence electrons. The van der Waals surface area contributed by atoms with Crippen molar-refractivity contribution in [2.45, 2.75) is 38.4 Å². The Bertz CT molecular complexity index is 3670. The number of carbonyl (C=O) groups is 10. The number of aryl methyl sites for hydroxylation is 6. The van der Waals surface area contributed by atoms with Gasteiger partial charge < -0.3 is 84.9 Å².